The Hall–Kier alpha value is -1.64. The van der Waals surface area contributed by atoms with E-state index in [1.54, 1.807) is 0 Å². The van der Waals surface area contributed by atoms with Crippen LogP contribution in [-0.2, 0) is 11.2 Å². The monoisotopic (exact) mass is 256 g/mol. The summed E-state index contributed by atoms with van der Waals surface area (Å²) in [6.45, 7) is 0. The van der Waals surface area contributed by atoms with E-state index in [4.69, 9.17) is 0 Å². The van der Waals surface area contributed by atoms with Gasteiger partial charge in [-0.1, -0.05) is 30.3 Å². The molecule has 2 saturated carbocycles. The maximum Gasteiger partial charge on any atom is 0.240 e. The summed E-state index contributed by atoms with van der Waals surface area (Å²) in [5.41, 5.74) is 5.15. The van der Waals surface area contributed by atoms with Crippen LogP contribution in [0.3, 0.4) is 0 Å². The summed E-state index contributed by atoms with van der Waals surface area (Å²) >= 11 is 0. The van der Waals surface area contributed by atoms with Crippen molar-refractivity contribution >= 4 is 11.6 Å². The number of rotatable bonds is 4. The van der Waals surface area contributed by atoms with Crippen LogP contribution in [0, 0.1) is 11.8 Å². The molecule has 2 aliphatic carbocycles. The van der Waals surface area contributed by atoms with E-state index in [0.717, 1.165) is 18.8 Å². The molecule has 3 rings (SSSR count). The van der Waals surface area contributed by atoms with E-state index in [9.17, 15) is 4.79 Å². The molecule has 3 nitrogen and oxygen atoms in total. The molecule has 1 aromatic carbocycles. The number of nitrogens with zero attached hydrogens (tertiary/aromatic N) is 1. The van der Waals surface area contributed by atoms with E-state index in [2.05, 4.69) is 22.7 Å². The Labute approximate surface area is 114 Å². The molecule has 0 spiro atoms. The number of carbonyl (C=O) groups excluding carboxylic acids is 1. The van der Waals surface area contributed by atoms with Crippen molar-refractivity contribution < 1.29 is 4.79 Å². The summed E-state index contributed by atoms with van der Waals surface area (Å²) in [7, 11) is 0. The molecule has 0 radical (unpaired) electrons. The molecule has 2 unspecified atom stereocenters. The Balaban J connectivity index is 1.46. The van der Waals surface area contributed by atoms with Crippen LogP contribution >= 0.6 is 0 Å². The number of aryl methyl sites for hydroxylation is 1. The van der Waals surface area contributed by atoms with Gasteiger partial charge in [0.25, 0.3) is 0 Å². The lowest BCUT2D eigenvalue weighted by molar-refractivity contribution is -0.121. The fourth-order valence-corrected chi connectivity index (χ4v) is 3.25. The van der Waals surface area contributed by atoms with Crippen molar-refractivity contribution in [1.82, 2.24) is 5.43 Å². The molecule has 3 heteroatoms. The third-order valence-corrected chi connectivity index (χ3v) is 4.32. The largest absolute Gasteiger partial charge is 0.273 e. The summed E-state index contributed by atoms with van der Waals surface area (Å²) in [5, 5.41) is 4.34. The summed E-state index contributed by atoms with van der Waals surface area (Å²) < 4.78 is 0. The van der Waals surface area contributed by atoms with Crippen LogP contribution in [-0.4, -0.2) is 11.6 Å². The second-order valence-electron chi connectivity index (χ2n) is 5.70. The topological polar surface area (TPSA) is 41.5 Å². The molecule has 2 aliphatic rings. The van der Waals surface area contributed by atoms with Gasteiger partial charge in [-0.3, -0.25) is 4.79 Å². The molecule has 2 atom stereocenters. The highest BCUT2D eigenvalue weighted by atomic mass is 16.2. The van der Waals surface area contributed by atoms with Gasteiger partial charge in [0.1, 0.15) is 0 Å². The van der Waals surface area contributed by atoms with Crippen LogP contribution in [0.1, 0.15) is 37.7 Å². The SMILES string of the molecule is O=C(CCc1ccccc1)N/N=C1/CC2CCC1C2. The molecule has 1 aromatic rings. The van der Waals surface area contributed by atoms with Gasteiger partial charge in [-0.05, 0) is 49.5 Å². The van der Waals surface area contributed by atoms with Crippen molar-refractivity contribution in [2.24, 2.45) is 16.9 Å². The Morgan fingerprint density at radius 1 is 1.26 bits per heavy atom. The highest BCUT2D eigenvalue weighted by Crippen LogP contribution is 2.42. The third-order valence-electron chi connectivity index (χ3n) is 4.32. The zero-order chi connectivity index (χ0) is 13.1. The molecule has 19 heavy (non-hydrogen) atoms. The van der Waals surface area contributed by atoms with Gasteiger partial charge in [0.05, 0.1) is 0 Å². The molecule has 100 valence electrons. The zero-order valence-corrected chi connectivity index (χ0v) is 11.1. The summed E-state index contributed by atoms with van der Waals surface area (Å²) in [6, 6.07) is 10.1. The van der Waals surface area contributed by atoms with Gasteiger partial charge in [-0.25, -0.2) is 5.43 Å². The lowest BCUT2D eigenvalue weighted by atomic mass is 9.99. The first kappa shape index (κ1) is 12.4. The first-order valence-corrected chi connectivity index (χ1v) is 7.20. The molecule has 0 aromatic heterocycles. The number of amides is 1. The first-order valence-electron chi connectivity index (χ1n) is 7.20. The van der Waals surface area contributed by atoms with Crippen molar-refractivity contribution in [2.75, 3.05) is 0 Å². The molecular formula is C16H20N2O. The van der Waals surface area contributed by atoms with Gasteiger partial charge in [0.15, 0.2) is 0 Å². The first-order chi connectivity index (χ1) is 9.31. The van der Waals surface area contributed by atoms with E-state index in [0.29, 0.717) is 12.3 Å². The fourth-order valence-electron chi connectivity index (χ4n) is 3.25. The van der Waals surface area contributed by atoms with E-state index in [1.165, 1.54) is 30.5 Å². The molecule has 2 bridgehead atoms. The lowest BCUT2D eigenvalue weighted by Crippen LogP contribution is -2.22. The summed E-state index contributed by atoms with van der Waals surface area (Å²) in [6.07, 6.45) is 6.30. The maximum absolute atomic E-state index is 11.8. The second kappa shape index (κ2) is 5.55. The standard InChI is InChI=1S/C16H20N2O/c19-16(9-7-12-4-2-1-3-5-12)18-17-15-11-13-6-8-14(15)10-13/h1-5,13-14H,6-11H2,(H,18,19)/b17-15-. The Bertz CT molecular complexity index is 481. The van der Waals surface area contributed by atoms with Gasteiger partial charge in [0, 0.05) is 12.1 Å². The quantitative estimate of drug-likeness (QED) is 0.827. The van der Waals surface area contributed by atoms with Gasteiger partial charge >= 0.3 is 0 Å². The van der Waals surface area contributed by atoms with Gasteiger partial charge < -0.3 is 0 Å². The number of fused-ring (bicyclic) bond motifs is 2. The lowest BCUT2D eigenvalue weighted by Gasteiger charge is -2.11. The zero-order valence-electron chi connectivity index (χ0n) is 11.1. The van der Waals surface area contributed by atoms with Crippen LogP contribution in [0.25, 0.3) is 0 Å². The molecule has 0 saturated heterocycles. The predicted octanol–water partition coefficient (Wildman–Crippen LogP) is 2.91. The van der Waals surface area contributed by atoms with E-state index in [1.807, 2.05) is 18.2 Å². The number of hydrazone groups is 1. The Morgan fingerprint density at radius 3 is 2.79 bits per heavy atom. The maximum atomic E-state index is 11.8. The summed E-state index contributed by atoms with van der Waals surface area (Å²) in [5.74, 6) is 1.52. The average molecular weight is 256 g/mol. The van der Waals surface area contributed by atoms with Crippen molar-refractivity contribution in [3.63, 3.8) is 0 Å². The van der Waals surface area contributed by atoms with Crippen molar-refractivity contribution in [2.45, 2.75) is 38.5 Å². The molecule has 1 N–H and O–H groups in total. The van der Waals surface area contributed by atoms with Gasteiger partial charge in [-0.2, -0.15) is 5.10 Å². The molecule has 0 aliphatic heterocycles. The van der Waals surface area contributed by atoms with E-state index in [-0.39, 0.29) is 5.91 Å². The normalized spacial score (nSPS) is 26.8. The minimum Gasteiger partial charge on any atom is -0.273 e. The highest BCUT2D eigenvalue weighted by molar-refractivity contribution is 5.90. The Kier molecular flexibility index (Phi) is 3.62. The average Bonchev–Trinajstić information content (AvgIpc) is 3.06. The number of nitrogens with one attached hydrogen (secondary N) is 1. The van der Waals surface area contributed by atoms with Crippen molar-refractivity contribution in [1.29, 1.82) is 0 Å². The van der Waals surface area contributed by atoms with Crippen LogP contribution in [0.15, 0.2) is 35.4 Å². The molecule has 0 heterocycles. The van der Waals surface area contributed by atoms with Gasteiger partial charge in [0.2, 0.25) is 5.91 Å². The van der Waals surface area contributed by atoms with Crippen LogP contribution in [0.2, 0.25) is 0 Å². The predicted molar refractivity (Wildman–Crippen MR) is 75.8 cm³/mol. The third kappa shape index (κ3) is 3.03. The van der Waals surface area contributed by atoms with Crippen LogP contribution in [0.5, 0.6) is 0 Å². The highest BCUT2D eigenvalue weighted by Gasteiger charge is 2.36. The molecular weight excluding hydrogens is 236 g/mol. The number of carbonyl (C=O) groups is 1. The number of hydrogen-bond donors (Lipinski definition) is 1. The van der Waals surface area contributed by atoms with Crippen molar-refractivity contribution in [3.8, 4) is 0 Å². The van der Waals surface area contributed by atoms with E-state index >= 15 is 0 Å². The second-order valence-corrected chi connectivity index (χ2v) is 5.70. The molecule has 1 amide bonds. The molecule has 2 fully saturated rings. The Morgan fingerprint density at radius 2 is 2.11 bits per heavy atom. The minimum atomic E-state index is 0.0270. The minimum absolute atomic E-state index is 0.0270. The smallest absolute Gasteiger partial charge is 0.240 e. The number of hydrogen-bond acceptors (Lipinski definition) is 2. The fraction of sp³-hybridized carbons (Fsp3) is 0.500. The van der Waals surface area contributed by atoms with E-state index < -0.39 is 0 Å². The van der Waals surface area contributed by atoms with Crippen LogP contribution < -0.4 is 5.43 Å². The van der Waals surface area contributed by atoms with Gasteiger partial charge in [-0.15, -0.1) is 0 Å². The van der Waals surface area contributed by atoms with Crippen LogP contribution in [0.4, 0.5) is 0 Å². The number of benzene rings is 1. The van der Waals surface area contributed by atoms with Crippen molar-refractivity contribution in [3.05, 3.63) is 35.9 Å². The summed E-state index contributed by atoms with van der Waals surface area (Å²) in [4.78, 5) is 11.8.